The number of carbonyl (C=O) groups excluding carboxylic acids is 4. The van der Waals surface area contributed by atoms with Gasteiger partial charge in [-0.15, -0.1) is 0 Å². The molecule has 0 unspecified atom stereocenters. The van der Waals surface area contributed by atoms with Crippen LogP contribution in [0.15, 0.2) is 48.5 Å². The number of hydrogen-bond donors (Lipinski definition) is 2. The normalized spacial score (nSPS) is 13.1. The molecule has 0 aliphatic rings. The molecule has 2 aromatic rings. The van der Waals surface area contributed by atoms with E-state index in [1.165, 1.54) is 9.80 Å². The molecule has 0 heterocycles. The fraction of sp³-hybridized carbons (Fsp3) is 0.568. The highest BCUT2D eigenvalue weighted by molar-refractivity contribution is 5.97. The summed E-state index contributed by atoms with van der Waals surface area (Å²) in [4.78, 5) is 54.6. The van der Waals surface area contributed by atoms with Gasteiger partial charge in [-0.1, -0.05) is 52.0 Å². The lowest BCUT2D eigenvalue weighted by Gasteiger charge is -2.31. The molecule has 2 aromatic carbocycles. The van der Waals surface area contributed by atoms with E-state index in [1.54, 1.807) is 55.6 Å². The molecule has 0 radical (unpaired) electrons. The molecule has 2 N–H and O–H groups in total. The van der Waals surface area contributed by atoms with Crippen LogP contribution in [0, 0.1) is 11.8 Å². The van der Waals surface area contributed by atoms with Crippen molar-refractivity contribution in [1.29, 1.82) is 0 Å². The Balaban J connectivity index is 2.05. The third-order valence-electron chi connectivity index (χ3n) is 7.14. The fourth-order valence-electron chi connectivity index (χ4n) is 4.80. The maximum atomic E-state index is 13.2. The van der Waals surface area contributed by atoms with Gasteiger partial charge in [-0.05, 0) is 108 Å². The maximum Gasteiger partial charge on any atom is 0.410 e. The minimum atomic E-state index is -0.679. The molecule has 260 valence electrons. The van der Waals surface area contributed by atoms with Crippen molar-refractivity contribution < 1.29 is 28.7 Å². The first kappa shape index (κ1) is 39.1. The summed E-state index contributed by atoms with van der Waals surface area (Å²) in [5.74, 6) is -0.161. The Morgan fingerprint density at radius 3 is 1.15 bits per heavy atom. The highest BCUT2D eigenvalue weighted by atomic mass is 16.6. The van der Waals surface area contributed by atoms with Crippen LogP contribution in [0.3, 0.4) is 0 Å². The molecule has 0 fully saturated rings. The number of ether oxygens (including phenoxy) is 2. The van der Waals surface area contributed by atoms with Crippen LogP contribution in [0.1, 0.15) is 93.2 Å². The number of amides is 4. The van der Waals surface area contributed by atoms with Crippen molar-refractivity contribution in [2.24, 2.45) is 11.8 Å². The molecule has 10 heteroatoms. The standard InChI is InChI=1S/C37H56N4O6/c1-24(2)21-30(40(11)34(44)46-36(5,6)7)32(42)38-28-17-13-26(14-18-28)23-27-15-19-29(20-16-27)39-33(43)31(22-25(3)4)41(12)35(45)47-37(8,9)10/h13-20,24-25,30-31H,21-23H2,1-12H3,(H,38,42)(H,39,43)/t30-,31-/m0/s1. The first-order chi connectivity index (χ1) is 21.6. The highest BCUT2D eigenvalue weighted by Gasteiger charge is 2.32. The Kier molecular flexibility index (Phi) is 13.9. The number of nitrogens with one attached hydrogen (secondary N) is 2. The Morgan fingerprint density at radius 1 is 0.596 bits per heavy atom. The van der Waals surface area contributed by atoms with Crippen LogP contribution in [0.2, 0.25) is 0 Å². The van der Waals surface area contributed by atoms with Crippen LogP contribution >= 0.6 is 0 Å². The molecule has 0 aliphatic carbocycles. The highest BCUT2D eigenvalue weighted by Crippen LogP contribution is 2.21. The van der Waals surface area contributed by atoms with Crippen LogP contribution < -0.4 is 10.6 Å². The van der Waals surface area contributed by atoms with Crippen LogP contribution in [0.25, 0.3) is 0 Å². The molecule has 0 aliphatic heterocycles. The van der Waals surface area contributed by atoms with Crippen molar-refractivity contribution in [3.8, 4) is 0 Å². The van der Waals surface area contributed by atoms with Gasteiger partial charge in [-0.3, -0.25) is 19.4 Å². The number of hydrogen-bond acceptors (Lipinski definition) is 6. The largest absolute Gasteiger partial charge is 0.444 e. The molecule has 47 heavy (non-hydrogen) atoms. The predicted molar refractivity (Wildman–Crippen MR) is 187 cm³/mol. The molecule has 0 spiro atoms. The predicted octanol–water partition coefficient (Wildman–Crippen LogP) is 7.72. The van der Waals surface area contributed by atoms with Gasteiger partial charge in [0.25, 0.3) is 0 Å². The van der Waals surface area contributed by atoms with Gasteiger partial charge < -0.3 is 20.1 Å². The van der Waals surface area contributed by atoms with Gasteiger partial charge in [0.2, 0.25) is 11.8 Å². The van der Waals surface area contributed by atoms with Gasteiger partial charge in [0, 0.05) is 25.5 Å². The van der Waals surface area contributed by atoms with Crippen LogP contribution in [-0.2, 0) is 25.5 Å². The second-order valence-electron chi connectivity index (χ2n) is 15.0. The molecule has 0 saturated carbocycles. The summed E-state index contributed by atoms with van der Waals surface area (Å²) in [5.41, 5.74) is 2.03. The van der Waals surface area contributed by atoms with E-state index in [2.05, 4.69) is 10.6 Å². The third-order valence-corrected chi connectivity index (χ3v) is 7.14. The van der Waals surface area contributed by atoms with Crippen molar-refractivity contribution >= 4 is 35.4 Å². The first-order valence-corrected chi connectivity index (χ1v) is 16.4. The summed E-state index contributed by atoms with van der Waals surface area (Å²) in [5, 5.41) is 5.90. The lowest BCUT2D eigenvalue weighted by molar-refractivity contribution is -0.122. The lowest BCUT2D eigenvalue weighted by atomic mass is 10.0. The molecule has 0 saturated heterocycles. The van der Waals surface area contributed by atoms with Crippen molar-refractivity contribution in [3.05, 3.63) is 59.7 Å². The molecule has 2 atom stereocenters. The van der Waals surface area contributed by atoms with Gasteiger partial charge in [-0.2, -0.15) is 0 Å². The summed E-state index contributed by atoms with van der Waals surface area (Å²) in [7, 11) is 3.18. The maximum absolute atomic E-state index is 13.2. The average Bonchev–Trinajstić information content (AvgIpc) is 2.93. The van der Waals surface area contributed by atoms with E-state index < -0.39 is 35.5 Å². The fourth-order valence-corrected chi connectivity index (χ4v) is 4.80. The third kappa shape index (κ3) is 13.7. The van der Waals surface area contributed by atoms with Gasteiger partial charge in [-0.25, -0.2) is 9.59 Å². The smallest absolute Gasteiger partial charge is 0.410 e. The molecule has 2 rings (SSSR count). The van der Waals surface area contributed by atoms with E-state index in [0.29, 0.717) is 30.6 Å². The van der Waals surface area contributed by atoms with E-state index in [-0.39, 0.29) is 23.7 Å². The summed E-state index contributed by atoms with van der Waals surface area (Å²) in [6.07, 6.45) is 0.562. The van der Waals surface area contributed by atoms with Gasteiger partial charge in [0.1, 0.15) is 23.3 Å². The second kappa shape index (κ2) is 16.7. The minimum Gasteiger partial charge on any atom is -0.444 e. The van der Waals surface area contributed by atoms with Crippen molar-refractivity contribution in [3.63, 3.8) is 0 Å². The number of rotatable bonds is 12. The Hall–Kier alpha value is -4.08. The van der Waals surface area contributed by atoms with E-state index in [1.807, 2.05) is 76.2 Å². The molecule has 10 nitrogen and oxygen atoms in total. The van der Waals surface area contributed by atoms with E-state index in [9.17, 15) is 19.2 Å². The quantitative estimate of drug-likeness (QED) is 0.243. The zero-order valence-electron chi connectivity index (χ0n) is 30.4. The van der Waals surface area contributed by atoms with Gasteiger partial charge >= 0.3 is 12.2 Å². The van der Waals surface area contributed by atoms with E-state index in [4.69, 9.17) is 9.47 Å². The molecular weight excluding hydrogens is 596 g/mol. The Bertz CT molecular complexity index is 1240. The van der Waals surface area contributed by atoms with Gasteiger partial charge in [0.05, 0.1) is 0 Å². The minimum absolute atomic E-state index is 0.192. The lowest BCUT2D eigenvalue weighted by Crippen LogP contribution is -2.47. The topological polar surface area (TPSA) is 117 Å². The zero-order chi connectivity index (χ0) is 35.7. The zero-order valence-corrected chi connectivity index (χ0v) is 30.4. The molecular formula is C37H56N4O6. The second-order valence-corrected chi connectivity index (χ2v) is 15.0. The van der Waals surface area contributed by atoms with E-state index in [0.717, 1.165) is 11.1 Å². The number of nitrogens with zero attached hydrogens (tertiary/aromatic N) is 2. The Labute approximate surface area is 281 Å². The van der Waals surface area contributed by atoms with Crippen LogP contribution in [-0.4, -0.2) is 71.2 Å². The number of anilines is 2. The number of carbonyl (C=O) groups is 4. The number of likely N-dealkylation sites (N-methyl/N-ethyl adjacent to an activating group) is 2. The van der Waals surface area contributed by atoms with Crippen LogP contribution in [0.4, 0.5) is 21.0 Å². The summed E-state index contributed by atoms with van der Waals surface area (Å²) in [6.45, 7) is 18.8. The van der Waals surface area contributed by atoms with Crippen molar-refractivity contribution in [2.45, 2.75) is 112 Å². The molecule has 4 amide bonds. The average molecular weight is 653 g/mol. The summed E-state index contributed by atoms with van der Waals surface area (Å²) >= 11 is 0. The summed E-state index contributed by atoms with van der Waals surface area (Å²) in [6, 6.07) is 13.8. The van der Waals surface area contributed by atoms with Gasteiger partial charge in [0.15, 0.2) is 0 Å². The van der Waals surface area contributed by atoms with Crippen LogP contribution in [0.5, 0.6) is 0 Å². The first-order valence-electron chi connectivity index (χ1n) is 16.4. The monoisotopic (exact) mass is 652 g/mol. The van der Waals surface area contributed by atoms with E-state index >= 15 is 0 Å². The summed E-state index contributed by atoms with van der Waals surface area (Å²) < 4.78 is 11.0. The SMILES string of the molecule is CC(C)C[C@@H](C(=O)Nc1ccc(Cc2ccc(NC(=O)[C@H](CC(C)C)N(C)C(=O)OC(C)(C)C)cc2)cc1)N(C)C(=O)OC(C)(C)C. The molecule has 0 bridgehead atoms. The van der Waals surface area contributed by atoms with Crippen molar-refractivity contribution in [1.82, 2.24) is 9.80 Å². The Morgan fingerprint density at radius 2 is 0.894 bits per heavy atom. The molecule has 0 aromatic heterocycles. The van der Waals surface area contributed by atoms with Crippen molar-refractivity contribution in [2.75, 3.05) is 24.7 Å². The number of benzene rings is 2.